The van der Waals surface area contributed by atoms with Crippen molar-refractivity contribution in [1.82, 2.24) is 0 Å². The summed E-state index contributed by atoms with van der Waals surface area (Å²) in [6.45, 7) is 6.74. The van der Waals surface area contributed by atoms with Gasteiger partial charge in [0.1, 0.15) is 10.6 Å². The van der Waals surface area contributed by atoms with E-state index in [4.69, 9.17) is 0 Å². The summed E-state index contributed by atoms with van der Waals surface area (Å²) in [4.78, 5) is 10.4. The SMILES string of the molecule is CC(C)(C)C1CCC(O)(CNc2cccc(S(C)(=O)=O)c2[N+](=O)[O-])CC1. The van der Waals surface area contributed by atoms with E-state index in [0.717, 1.165) is 19.1 Å². The van der Waals surface area contributed by atoms with Gasteiger partial charge in [-0.3, -0.25) is 10.1 Å². The third kappa shape index (κ3) is 4.73. The summed E-state index contributed by atoms with van der Waals surface area (Å²) in [7, 11) is -3.73. The van der Waals surface area contributed by atoms with E-state index in [2.05, 4.69) is 26.1 Å². The largest absolute Gasteiger partial charge is 0.388 e. The molecule has 0 atom stereocenters. The minimum absolute atomic E-state index is 0.115. The van der Waals surface area contributed by atoms with Crippen molar-refractivity contribution in [2.45, 2.75) is 57.0 Å². The van der Waals surface area contributed by atoms with Gasteiger partial charge < -0.3 is 10.4 Å². The Morgan fingerprint density at radius 2 is 1.88 bits per heavy atom. The topological polar surface area (TPSA) is 110 Å². The highest BCUT2D eigenvalue weighted by Crippen LogP contribution is 2.42. The van der Waals surface area contributed by atoms with E-state index in [1.54, 1.807) is 0 Å². The number of nitrogens with one attached hydrogen (secondary N) is 1. The molecule has 2 N–H and O–H groups in total. The van der Waals surface area contributed by atoms with Crippen LogP contribution in [0.25, 0.3) is 0 Å². The van der Waals surface area contributed by atoms with Gasteiger partial charge in [-0.25, -0.2) is 8.42 Å². The number of nitro groups is 1. The molecule has 1 aromatic rings. The van der Waals surface area contributed by atoms with Crippen molar-refractivity contribution in [1.29, 1.82) is 0 Å². The molecule has 1 fully saturated rings. The van der Waals surface area contributed by atoms with Crippen molar-refractivity contribution >= 4 is 21.2 Å². The van der Waals surface area contributed by atoms with Gasteiger partial charge in [0.15, 0.2) is 9.84 Å². The van der Waals surface area contributed by atoms with E-state index in [9.17, 15) is 23.6 Å². The second kappa shape index (κ2) is 7.15. The summed E-state index contributed by atoms with van der Waals surface area (Å²) < 4.78 is 23.7. The molecule has 0 saturated heterocycles. The molecule has 1 aliphatic carbocycles. The molecule has 146 valence electrons. The minimum atomic E-state index is -3.73. The first-order valence-electron chi connectivity index (χ1n) is 8.77. The number of rotatable bonds is 5. The van der Waals surface area contributed by atoms with Crippen LogP contribution in [0.3, 0.4) is 0 Å². The van der Waals surface area contributed by atoms with Crippen molar-refractivity contribution < 1.29 is 18.4 Å². The Labute approximate surface area is 154 Å². The minimum Gasteiger partial charge on any atom is -0.388 e. The van der Waals surface area contributed by atoms with E-state index < -0.39 is 26.0 Å². The van der Waals surface area contributed by atoms with Crippen molar-refractivity contribution in [2.24, 2.45) is 11.3 Å². The van der Waals surface area contributed by atoms with Gasteiger partial charge in [-0.15, -0.1) is 0 Å². The fourth-order valence-electron chi connectivity index (χ4n) is 3.61. The maximum absolute atomic E-state index is 11.8. The van der Waals surface area contributed by atoms with Crippen LogP contribution >= 0.6 is 0 Å². The van der Waals surface area contributed by atoms with Crippen LogP contribution in [0.2, 0.25) is 0 Å². The third-order valence-corrected chi connectivity index (χ3v) is 6.46. The Hall–Kier alpha value is -1.67. The maximum atomic E-state index is 11.8. The van der Waals surface area contributed by atoms with Gasteiger partial charge in [0.25, 0.3) is 0 Å². The van der Waals surface area contributed by atoms with Gasteiger partial charge in [0.2, 0.25) is 0 Å². The first-order valence-corrected chi connectivity index (χ1v) is 10.7. The summed E-state index contributed by atoms with van der Waals surface area (Å²) in [6.07, 6.45) is 3.96. The Kier molecular flexibility index (Phi) is 5.68. The van der Waals surface area contributed by atoms with Crippen molar-refractivity contribution in [3.05, 3.63) is 28.3 Å². The quantitative estimate of drug-likeness (QED) is 0.595. The Balaban J connectivity index is 2.17. The zero-order chi connectivity index (χ0) is 19.8. The van der Waals surface area contributed by atoms with Crippen LogP contribution in [0.1, 0.15) is 46.5 Å². The number of hydrogen-bond acceptors (Lipinski definition) is 6. The van der Waals surface area contributed by atoms with E-state index in [-0.39, 0.29) is 22.5 Å². The molecule has 0 aliphatic heterocycles. The fourth-order valence-corrected chi connectivity index (χ4v) is 4.47. The number of nitrogens with zero attached hydrogens (tertiary/aromatic N) is 1. The lowest BCUT2D eigenvalue weighted by Gasteiger charge is -2.41. The molecule has 2 rings (SSSR count). The van der Waals surface area contributed by atoms with E-state index in [0.29, 0.717) is 18.8 Å². The first-order chi connectivity index (χ1) is 11.8. The highest BCUT2D eigenvalue weighted by Gasteiger charge is 2.37. The molecule has 8 heteroatoms. The average molecular weight is 384 g/mol. The molecule has 0 unspecified atom stereocenters. The summed E-state index contributed by atoms with van der Waals surface area (Å²) >= 11 is 0. The lowest BCUT2D eigenvalue weighted by atomic mass is 9.68. The second-order valence-corrected chi connectivity index (χ2v) is 10.4. The van der Waals surface area contributed by atoms with Gasteiger partial charge in [0.05, 0.1) is 10.5 Å². The molecule has 0 heterocycles. The average Bonchev–Trinajstić information content (AvgIpc) is 2.51. The lowest BCUT2D eigenvalue weighted by molar-refractivity contribution is -0.386. The van der Waals surface area contributed by atoms with Gasteiger partial charge >= 0.3 is 5.69 Å². The van der Waals surface area contributed by atoms with Crippen molar-refractivity contribution in [3.8, 4) is 0 Å². The number of para-hydroxylation sites is 1. The van der Waals surface area contributed by atoms with Crippen LogP contribution in [0.5, 0.6) is 0 Å². The van der Waals surface area contributed by atoms with Gasteiger partial charge in [0, 0.05) is 12.8 Å². The van der Waals surface area contributed by atoms with Crippen LogP contribution in [0.4, 0.5) is 11.4 Å². The monoisotopic (exact) mass is 384 g/mol. The third-order valence-electron chi connectivity index (χ3n) is 5.33. The molecule has 7 nitrogen and oxygen atoms in total. The number of benzene rings is 1. The summed E-state index contributed by atoms with van der Waals surface area (Å²) in [5.74, 6) is 0.533. The summed E-state index contributed by atoms with van der Waals surface area (Å²) in [5.41, 5.74) is -1.11. The number of nitro benzene ring substituents is 1. The molecular formula is C18H28N2O5S. The molecule has 0 spiro atoms. The van der Waals surface area contributed by atoms with E-state index in [1.807, 2.05) is 0 Å². The standard InChI is InChI=1S/C18H28N2O5S/c1-17(2,3)13-8-10-18(21,11-9-13)12-19-14-6-5-7-15(26(4,24)25)16(14)20(22)23/h5-7,13,19,21H,8-12H2,1-4H3. The number of hydrogen-bond donors (Lipinski definition) is 2. The summed E-state index contributed by atoms with van der Waals surface area (Å²) in [6, 6.07) is 4.16. The number of aliphatic hydroxyl groups is 1. The number of anilines is 1. The van der Waals surface area contributed by atoms with Crippen LogP contribution in [0, 0.1) is 21.4 Å². The molecule has 0 amide bonds. The van der Waals surface area contributed by atoms with Gasteiger partial charge in [-0.05, 0) is 49.1 Å². The first kappa shape index (κ1) is 20.6. The predicted octanol–water partition coefficient (Wildman–Crippen LogP) is 3.38. The maximum Gasteiger partial charge on any atom is 0.310 e. The Bertz CT molecular complexity index is 775. The normalized spacial score (nSPS) is 24.3. The van der Waals surface area contributed by atoms with Crippen LogP contribution < -0.4 is 5.32 Å². The lowest BCUT2D eigenvalue weighted by Crippen LogP contribution is -2.42. The van der Waals surface area contributed by atoms with E-state index >= 15 is 0 Å². The molecule has 0 aromatic heterocycles. The predicted molar refractivity (Wildman–Crippen MR) is 101 cm³/mol. The molecule has 1 saturated carbocycles. The highest BCUT2D eigenvalue weighted by molar-refractivity contribution is 7.90. The zero-order valence-electron chi connectivity index (χ0n) is 15.8. The molecule has 0 bridgehead atoms. The zero-order valence-corrected chi connectivity index (χ0v) is 16.6. The molecule has 1 aliphatic rings. The van der Waals surface area contributed by atoms with Gasteiger partial charge in [-0.2, -0.15) is 0 Å². The van der Waals surface area contributed by atoms with Crippen LogP contribution in [-0.4, -0.2) is 36.8 Å². The Morgan fingerprint density at radius 1 is 1.31 bits per heavy atom. The molecule has 1 aromatic carbocycles. The Morgan fingerprint density at radius 3 is 2.35 bits per heavy atom. The molecule has 26 heavy (non-hydrogen) atoms. The highest BCUT2D eigenvalue weighted by atomic mass is 32.2. The number of sulfone groups is 1. The van der Waals surface area contributed by atoms with E-state index in [1.165, 1.54) is 18.2 Å². The van der Waals surface area contributed by atoms with Crippen molar-refractivity contribution in [2.75, 3.05) is 18.1 Å². The van der Waals surface area contributed by atoms with Gasteiger partial charge in [-0.1, -0.05) is 26.8 Å². The fraction of sp³-hybridized carbons (Fsp3) is 0.667. The van der Waals surface area contributed by atoms with Crippen LogP contribution in [0.15, 0.2) is 23.1 Å². The molecular weight excluding hydrogens is 356 g/mol. The molecule has 0 radical (unpaired) electrons. The van der Waals surface area contributed by atoms with Crippen molar-refractivity contribution in [3.63, 3.8) is 0 Å². The smallest absolute Gasteiger partial charge is 0.310 e. The van der Waals surface area contributed by atoms with Crippen LogP contribution in [-0.2, 0) is 9.84 Å². The summed E-state index contributed by atoms with van der Waals surface area (Å²) in [5, 5.41) is 25.2. The second-order valence-electron chi connectivity index (χ2n) is 8.40.